The van der Waals surface area contributed by atoms with Crippen LogP contribution >= 0.6 is 0 Å². The molecule has 0 amide bonds. The topological polar surface area (TPSA) is 61.0 Å². The van der Waals surface area contributed by atoms with Crippen LogP contribution in [0.1, 0.15) is 31.9 Å². The van der Waals surface area contributed by atoms with E-state index < -0.39 is 0 Å². The second kappa shape index (κ2) is 5.12. The van der Waals surface area contributed by atoms with Gasteiger partial charge in [-0.1, -0.05) is 26.8 Å². The summed E-state index contributed by atoms with van der Waals surface area (Å²) in [4.78, 5) is 8.25. The minimum absolute atomic E-state index is 0.00924. The Morgan fingerprint density at radius 2 is 1.80 bits per heavy atom. The van der Waals surface area contributed by atoms with Gasteiger partial charge in [-0.2, -0.15) is 0 Å². The molecule has 0 fully saturated rings. The Balaban J connectivity index is 2.73. The molecule has 4 heteroatoms. The van der Waals surface area contributed by atoms with Crippen molar-refractivity contribution in [1.29, 1.82) is 0 Å². The average Bonchev–Trinajstić information content (AvgIpc) is 2.36. The molecule has 1 aromatic heterocycles. The number of hydrogen-bond acceptors (Lipinski definition) is 4. The maximum Gasteiger partial charge on any atom is 0.131 e. The summed E-state index contributed by atoms with van der Waals surface area (Å²) >= 11 is 0. The Morgan fingerprint density at radius 3 is 2.35 bits per heavy atom. The van der Waals surface area contributed by atoms with Gasteiger partial charge in [0.05, 0.1) is 12.8 Å². The van der Waals surface area contributed by atoms with Crippen LogP contribution in [-0.4, -0.2) is 17.1 Å². The van der Waals surface area contributed by atoms with Crippen molar-refractivity contribution >= 4 is 5.82 Å². The summed E-state index contributed by atoms with van der Waals surface area (Å²) in [5.41, 5.74) is 9.81. The molecule has 0 saturated heterocycles. The summed E-state index contributed by atoms with van der Waals surface area (Å²) in [5, 5.41) is 0. The molecular formula is C16H21N3O. The third-order valence-electron chi connectivity index (χ3n) is 3.21. The number of methoxy groups -OCH3 is 1. The number of anilines is 1. The smallest absolute Gasteiger partial charge is 0.131 e. The molecule has 0 spiro atoms. The molecule has 0 aliphatic rings. The van der Waals surface area contributed by atoms with Crippen LogP contribution in [0.5, 0.6) is 5.75 Å². The summed E-state index contributed by atoms with van der Waals surface area (Å²) in [6, 6.07) is 5.99. The van der Waals surface area contributed by atoms with Gasteiger partial charge < -0.3 is 10.5 Å². The highest BCUT2D eigenvalue weighted by molar-refractivity contribution is 5.72. The van der Waals surface area contributed by atoms with Gasteiger partial charge in [-0.15, -0.1) is 0 Å². The van der Waals surface area contributed by atoms with Crippen LogP contribution in [0.3, 0.4) is 0 Å². The van der Waals surface area contributed by atoms with E-state index in [4.69, 9.17) is 10.5 Å². The molecule has 20 heavy (non-hydrogen) atoms. The van der Waals surface area contributed by atoms with E-state index >= 15 is 0 Å². The van der Waals surface area contributed by atoms with Crippen molar-refractivity contribution in [2.75, 3.05) is 12.8 Å². The van der Waals surface area contributed by atoms with E-state index in [1.165, 1.54) is 11.9 Å². The van der Waals surface area contributed by atoms with E-state index in [9.17, 15) is 0 Å². The van der Waals surface area contributed by atoms with Gasteiger partial charge in [0.1, 0.15) is 17.9 Å². The lowest BCUT2D eigenvalue weighted by Crippen LogP contribution is -2.14. The molecule has 0 aliphatic heterocycles. The zero-order valence-electron chi connectivity index (χ0n) is 12.7. The van der Waals surface area contributed by atoms with E-state index in [0.29, 0.717) is 5.82 Å². The van der Waals surface area contributed by atoms with E-state index in [-0.39, 0.29) is 5.41 Å². The normalized spacial score (nSPS) is 11.4. The highest BCUT2D eigenvalue weighted by atomic mass is 16.5. The number of nitrogens with zero attached hydrogens (tertiary/aromatic N) is 2. The summed E-state index contributed by atoms with van der Waals surface area (Å²) in [6.07, 6.45) is 1.48. The number of aromatic nitrogens is 2. The molecule has 0 aliphatic carbocycles. The lowest BCUT2D eigenvalue weighted by molar-refractivity contribution is 0.399. The molecule has 0 saturated carbocycles. The molecule has 1 heterocycles. The molecule has 0 bridgehead atoms. The average molecular weight is 271 g/mol. The maximum absolute atomic E-state index is 5.76. The van der Waals surface area contributed by atoms with E-state index in [1.54, 1.807) is 13.2 Å². The molecule has 106 valence electrons. The van der Waals surface area contributed by atoms with Crippen molar-refractivity contribution in [1.82, 2.24) is 9.97 Å². The number of hydrogen-bond donors (Lipinski definition) is 1. The number of nitrogen functional groups attached to an aromatic ring is 1. The predicted octanol–water partition coefficient (Wildman–Crippen LogP) is 3.34. The molecule has 1 aromatic carbocycles. The lowest BCUT2D eigenvalue weighted by atomic mass is 9.83. The second-order valence-electron chi connectivity index (χ2n) is 5.97. The fraction of sp³-hybridized carbons (Fsp3) is 0.375. The first-order chi connectivity index (χ1) is 9.32. The van der Waals surface area contributed by atoms with E-state index in [0.717, 1.165) is 22.6 Å². The van der Waals surface area contributed by atoms with Crippen LogP contribution < -0.4 is 10.5 Å². The van der Waals surface area contributed by atoms with Gasteiger partial charge in [0, 0.05) is 17.2 Å². The summed E-state index contributed by atoms with van der Waals surface area (Å²) < 4.78 is 5.65. The number of nitrogens with two attached hydrogens (primary N) is 1. The minimum Gasteiger partial charge on any atom is -0.496 e. The SMILES string of the molecule is COc1c(-c2cc(N)ncn2)cc(C)cc1C(C)(C)C. The van der Waals surface area contributed by atoms with Crippen LogP contribution in [0.25, 0.3) is 11.3 Å². The van der Waals surface area contributed by atoms with Gasteiger partial charge in [0.25, 0.3) is 0 Å². The second-order valence-corrected chi connectivity index (χ2v) is 5.97. The largest absolute Gasteiger partial charge is 0.496 e. The molecule has 4 nitrogen and oxygen atoms in total. The van der Waals surface area contributed by atoms with Crippen LogP contribution in [0.4, 0.5) is 5.82 Å². The van der Waals surface area contributed by atoms with E-state index in [1.807, 2.05) is 0 Å². The molecule has 0 atom stereocenters. The first-order valence-electron chi connectivity index (χ1n) is 6.60. The number of aryl methyl sites for hydroxylation is 1. The van der Waals surface area contributed by atoms with Crippen LogP contribution in [0.15, 0.2) is 24.5 Å². The van der Waals surface area contributed by atoms with Gasteiger partial charge >= 0.3 is 0 Å². The van der Waals surface area contributed by atoms with Gasteiger partial charge in [0.15, 0.2) is 0 Å². The molecule has 2 aromatic rings. The van der Waals surface area contributed by atoms with Crippen molar-refractivity contribution < 1.29 is 4.74 Å². The van der Waals surface area contributed by atoms with Crippen molar-refractivity contribution in [2.24, 2.45) is 0 Å². The summed E-state index contributed by atoms with van der Waals surface area (Å²) in [6.45, 7) is 8.58. The van der Waals surface area contributed by atoms with Crippen molar-refractivity contribution in [3.63, 3.8) is 0 Å². The third kappa shape index (κ3) is 2.74. The fourth-order valence-corrected chi connectivity index (χ4v) is 2.26. The number of benzene rings is 1. The molecule has 2 N–H and O–H groups in total. The standard InChI is InChI=1S/C16H21N3O/c1-10-6-11(13-8-14(17)19-9-18-13)15(20-5)12(7-10)16(2,3)4/h6-9H,1-5H3,(H2,17,18,19). The van der Waals surface area contributed by atoms with E-state index in [2.05, 4.69) is 49.8 Å². The first kappa shape index (κ1) is 14.3. The number of rotatable bonds is 2. The van der Waals surface area contributed by atoms with Crippen molar-refractivity contribution in [3.8, 4) is 17.0 Å². The number of ether oxygens (including phenoxy) is 1. The van der Waals surface area contributed by atoms with Crippen LogP contribution in [0, 0.1) is 6.92 Å². The lowest BCUT2D eigenvalue weighted by Gasteiger charge is -2.24. The third-order valence-corrected chi connectivity index (χ3v) is 3.21. The summed E-state index contributed by atoms with van der Waals surface area (Å²) in [7, 11) is 1.69. The first-order valence-corrected chi connectivity index (χ1v) is 6.60. The molecule has 2 rings (SSSR count). The zero-order valence-corrected chi connectivity index (χ0v) is 12.7. The molecule has 0 radical (unpaired) electrons. The maximum atomic E-state index is 5.76. The quantitative estimate of drug-likeness (QED) is 0.910. The fourth-order valence-electron chi connectivity index (χ4n) is 2.26. The zero-order chi connectivity index (χ0) is 14.9. The minimum atomic E-state index is -0.00924. The monoisotopic (exact) mass is 271 g/mol. The Labute approximate surface area is 120 Å². The van der Waals surface area contributed by atoms with Crippen LogP contribution in [0.2, 0.25) is 0 Å². The predicted molar refractivity (Wildman–Crippen MR) is 81.9 cm³/mol. The summed E-state index contributed by atoms with van der Waals surface area (Å²) in [5.74, 6) is 1.30. The van der Waals surface area contributed by atoms with Gasteiger partial charge in [-0.3, -0.25) is 0 Å². The molecule has 0 unspecified atom stereocenters. The van der Waals surface area contributed by atoms with Gasteiger partial charge in [-0.25, -0.2) is 9.97 Å². The highest BCUT2D eigenvalue weighted by Crippen LogP contribution is 2.39. The van der Waals surface area contributed by atoms with Crippen LogP contribution in [-0.2, 0) is 5.41 Å². The van der Waals surface area contributed by atoms with Crippen molar-refractivity contribution in [3.05, 3.63) is 35.7 Å². The van der Waals surface area contributed by atoms with Gasteiger partial charge in [-0.05, 0) is 24.0 Å². The Morgan fingerprint density at radius 1 is 1.10 bits per heavy atom. The highest BCUT2D eigenvalue weighted by Gasteiger charge is 2.22. The Kier molecular flexibility index (Phi) is 3.66. The Bertz CT molecular complexity index is 630. The molecular weight excluding hydrogens is 250 g/mol. The Hall–Kier alpha value is -2.10. The van der Waals surface area contributed by atoms with Crippen molar-refractivity contribution in [2.45, 2.75) is 33.1 Å². The van der Waals surface area contributed by atoms with Gasteiger partial charge in [0.2, 0.25) is 0 Å².